The van der Waals surface area contributed by atoms with Crippen LogP contribution in [0.4, 0.5) is 5.13 Å². The molecule has 22 heavy (non-hydrogen) atoms. The Labute approximate surface area is 134 Å². The molecule has 3 heterocycles. The van der Waals surface area contributed by atoms with Crippen LogP contribution in [-0.4, -0.2) is 51.1 Å². The van der Waals surface area contributed by atoms with E-state index in [1.54, 1.807) is 11.3 Å². The Bertz CT molecular complexity index is 626. The van der Waals surface area contributed by atoms with Crippen molar-refractivity contribution in [2.24, 2.45) is 0 Å². The molecule has 0 bridgehead atoms. The van der Waals surface area contributed by atoms with Crippen molar-refractivity contribution in [3.8, 4) is 0 Å². The van der Waals surface area contributed by atoms with Crippen LogP contribution in [0.15, 0.2) is 11.6 Å². The maximum absolute atomic E-state index is 4.72. The Hall–Kier alpha value is -1.47. The smallest absolute Gasteiger partial charge is 0.185 e. The third-order valence-electron chi connectivity index (χ3n) is 4.43. The quantitative estimate of drug-likeness (QED) is 0.815. The van der Waals surface area contributed by atoms with Gasteiger partial charge in [-0.15, -0.1) is 16.4 Å². The summed E-state index contributed by atoms with van der Waals surface area (Å²) < 4.78 is 1.90. The lowest BCUT2D eigenvalue weighted by Crippen LogP contribution is -2.19. The monoisotopic (exact) mass is 318 g/mol. The van der Waals surface area contributed by atoms with E-state index >= 15 is 0 Å². The molecule has 1 aliphatic carbocycles. The van der Waals surface area contributed by atoms with Crippen molar-refractivity contribution in [1.29, 1.82) is 0 Å². The van der Waals surface area contributed by atoms with Crippen LogP contribution in [-0.2, 0) is 13.1 Å². The van der Waals surface area contributed by atoms with Crippen molar-refractivity contribution in [1.82, 2.24) is 24.9 Å². The molecule has 118 valence electrons. The summed E-state index contributed by atoms with van der Waals surface area (Å²) in [5, 5.41) is 11.8. The largest absolute Gasteiger partial charge is 0.348 e. The summed E-state index contributed by atoms with van der Waals surface area (Å²) >= 11 is 1.72. The van der Waals surface area contributed by atoms with Crippen LogP contribution >= 0.6 is 11.3 Å². The SMILES string of the molecule is CN(c1nc(Cn2cc(CN3CCCC3)nn2)cs1)C1CC1. The second kappa shape index (κ2) is 5.96. The molecular formula is C15H22N6S. The van der Waals surface area contributed by atoms with Crippen LogP contribution in [0.3, 0.4) is 0 Å². The van der Waals surface area contributed by atoms with Gasteiger partial charge in [-0.05, 0) is 38.8 Å². The molecule has 0 aromatic carbocycles. The van der Waals surface area contributed by atoms with Gasteiger partial charge in [0.05, 0.1) is 24.1 Å². The zero-order valence-corrected chi connectivity index (χ0v) is 13.8. The summed E-state index contributed by atoms with van der Waals surface area (Å²) in [4.78, 5) is 9.47. The van der Waals surface area contributed by atoms with Crippen molar-refractivity contribution >= 4 is 16.5 Å². The molecule has 0 amide bonds. The molecule has 2 fully saturated rings. The van der Waals surface area contributed by atoms with Crippen LogP contribution in [0.25, 0.3) is 0 Å². The van der Waals surface area contributed by atoms with Gasteiger partial charge < -0.3 is 4.90 Å². The van der Waals surface area contributed by atoms with Gasteiger partial charge in [0, 0.05) is 25.0 Å². The van der Waals surface area contributed by atoms with Crippen LogP contribution in [0, 0.1) is 0 Å². The van der Waals surface area contributed by atoms with E-state index in [9.17, 15) is 0 Å². The minimum absolute atomic E-state index is 0.706. The zero-order valence-electron chi connectivity index (χ0n) is 13.0. The highest BCUT2D eigenvalue weighted by Crippen LogP contribution is 2.31. The average Bonchev–Trinajstić information content (AvgIpc) is 2.92. The normalized spacial score (nSPS) is 19.0. The van der Waals surface area contributed by atoms with Crippen molar-refractivity contribution in [2.45, 2.75) is 44.8 Å². The van der Waals surface area contributed by atoms with Gasteiger partial charge in [0.15, 0.2) is 5.13 Å². The Morgan fingerprint density at radius 1 is 1.23 bits per heavy atom. The predicted octanol–water partition coefficient (Wildman–Crippen LogP) is 1.98. The summed E-state index contributed by atoms with van der Waals surface area (Å²) in [5.74, 6) is 0. The van der Waals surface area contributed by atoms with E-state index in [-0.39, 0.29) is 0 Å². The van der Waals surface area contributed by atoms with Crippen LogP contribution in [0.2, 0.25) is 0 Å². The lowest BCUT2D eigenvalue weighted by molar-refractivity contribution is 0.327. The minimum Gasteiger partial charge on any atom is -0.348 e. The van der Waals surface area contributed by atoms with Crippen molar-refractivity contribution in [3.05, 3.63) is 23.0 Å². The fourth-order valence-electron chi connectivity index (χ4n) is 2.97. The molecule has 6 nitrogen and oxygen atoms in total. The molecule has 2 aromatic rings. The number of aromatic nitrogens is 4. The maximum Gasteiger partial charge on any atom is 0.185 e. The molecule has 0 spiro atoms. The van der Waals surface area contributed by atoms with Gasteiger partial charge in [-0.2, -0.15) is 0 Å². The Morgan fingerprint density at radius 2 is 2.05 bits per heavy atom. The van der Waals surface area contributed by atoms with E-state index in [0.717, 1.165) is 23.1 Å². The second-order valence-corrected chi connectivity index (χ2v) is 7.19. The molecule has 4 rings (SSSR count). The first kappa shape index (κ1) is 14.1. The predicted molar refractivity (Wildman–Crippen MR) is 87.2 cm³/mol. The number of hydrogen-bond donors (Lipinski definition) is 0. The first-order valence-electron chi connectivity index (χ1n) is 8.06. The van der Waals surface area contributed by atoms with Gasteiger partial charge in [0.1, 0.15) is 0 Å². The Balaban J connectivity index is 1.37. The lowest BCUT2D eigenvalue weighted by atomic mass is 10.4. The summed E-state index contributed by atoms with van der Waals surface area (Å²) in [5.41, 5.74) is 2.14. The van der Waals surface area contributed by atoms with Gasteiger partial charge in [-0.3, -0.25) is 4.90 Å². The van der Waals surface area contributed by atoms with E-state index in [1.807, 2.05) is 4.68 Å². The van der Waals surface area contributed by atoms with Crippen LogP contribution in [0.1, 0.15) is 37.1 Å². The van der Waals surface area contributed by atoms with Gasteiger partial charge in [-0.1, -0.05) is 5.21 Å². The fraction of sp³-hybridized carbons (Fsp3) is 0.667. The van der Waals surface area contributed by atoms with Gasteiger partial charge in [0.25, 0.3) is 0 Å². The number of likely N-dealkylation sites (tertiary alicyclic amines) is 1. The lowest BCUT2D eigenvalue weighted by Gasteiger charge is -2.13. The Kier molecular flexibility index (Phi) is 3.83. The van der Waals surface area contributed by atoms with Crippen molar-refractivity contribution < 1.29 is 0 Å². The van der Waals surface area contributed by atoms with E-state index in [4.69, 9.17) is 4.98 Å². The van der Waals surface area contributed by atoms with Gasteiger partial charge >= 0.3 is 0 Å². The molecule has 2 aromatic heterocycles. The van der Waals surface area contributed by atoms with E-state index in [1.165, 1.54) is 38.8 Å². The van der Waals surface area contributed by atoms with Crippen molar-refractivity contribution in [2.75, 3.05) is 25.0 Å². The first-order chi connectivity index (χ1) is 10.8. The highest BCUT2D eigenvalue weighted by atomic mass is 32.1. The summed E-state index contributed by atoms with van der Waals surface area (Å²) in [6.45, 7) is 4.01. The van der Waals surface area contributed by atoms with Crippen molar-refractivity contribution in [3.63, 3.8) is 0 Å². The number of thiazole rings is 1. The summed E-state index contributed by atoms with van der Waals surface area (Å²) in [6, 6.07) is 0.706. The molecule has 1 saturated carbocycles. The molecule has 1 saturated heterocycles. The molecule has 1 aliphatic heterocycles. The topological polar surface area (TPSA) is 50.1 Å². The van der Waals surface area contributed by atoms with E-state index < -0.39 is 0 Å². The molecule has 0 N–H and O–H groups in total. The second-order valence-electron chi connectivity index (χ2n) is 6.35. The van der Waals surface area contributed by atoms with E-state index in [2.05, 4.69) is 38.7 Å². The summed E-state index contributed by atoms with van der Waals surface area (Å²) in [6.07, 6.45) is 7.28. The molecule has 2 aliphatic rings. The molecule has 7 heteroatoms. The highest BCUT2D eigenvalue weighted by molar-refractivity contribution is 7.13. The average molecular weight is 318 g/mol. The standard InChI is InChI=1S/C15H22N6S/c1-19(14-4-5-14)15-16-13(11-22-15)10-21-9-12(17-18-21)8-20-6-2-3-7-20/h9,11,14H,2-8,10H2,1H3. The Morgan fingerprint density at radius 3 is 2.82 bits per heavy atom. The molecule has 0 atom stereocenters. The maximum atomic E-state index is 4.72. The van der Waals surface area contributed by atoms with Gasteiger partial charge in [0.2, 0.25) is 0 Å². The number of rotatable bonds is 6. The van der Waals surface area contributed by atoms with Crippen LogP contribution < -0.4 is 4.90 Å². The van der Waals surface area contributed by atoms with Crippen LogP contribution in [0.5, 0.6) is 0 Å². The molecule has 0 radical (unpaired) electrons. The molecule has 0 unspecified atom stereocenters. The van der Waals surface area contributed by atoms with E-state index in [0.29, 0.717) is 12.6 Å². The number of nitrogens with zero attached hydrogens (tertiary/aromatic N) is 6. The zero-order chi connectivity index (χ0) is 14.9. The minimum atomic E-state index is 0.706. The van der Waals surface area contributed by atoms with Gasteiger partial charge in [-0.25, -0.2) is 9.67 Å². The first-order valence-corrected chi connectivity index (χ1v) is 8.94. The fourth-order valence-corrected chi connectivity index (χ4v) is 3.83. The molecular weight excluding hydrogens is 296 g/mol. The number of hydrogen-bond acceptors (Lipinski definition) is 6. The number of anilines is 1. The third kappa shape index (κ3) is 3.15. The highest BCUT2D eigenvalue weighted by Gasteiger charge is 2.28. The summed E-state index contributed by atoms with van der Waals surface area (Å²) in [7, 11) is 2.14. The third-order valence-corrected chi connectivity index (χ3v) is 5.41.